The van der Waals surface area contributed by atoms with Crippen LogP contribution in [0.25, 0.3) is 5.65 Å². The molecule has 96 valence electrons. The predicted molar refractivity (Wildman–Crippen MR) is 70.2 cm³/mol. The normalized spacial score (nSPS) is 20.3. The Hall–Kier alpha value is -1.82. The molecule has 0 bridgehead atoms. The monoisotopic (exact) mass is 247 g/mol. The van der Waals surface area contributed by atoms with Crippen molar-refractivity contribution in [2.75, 3.05) is 37.0 Å². The van der Waals surface area contributed by atoms with E-state index in [1.165, 1.54) is 0 Å². The molecule has 1 aliphatic rings. The SMILES string of the molecule is CNc1cc(N2CCOC[C@H]2C)nc2ccnn12. The van der Waals surface area contributed by atoms with Crippen molar-refractivity contribution < 1.29 is 4.74 Å². The fourth-order valence-electron chi connectivity index (χ4n) is 2.29. The number of nitrogens with one attached hydrogen (secondary N) is 1. The maximum atomic E-state index is 5.46. The molecular formula is C12H17N5O. The van der Waals surface area contributed by atoms with Crippen LogP contribution in [-0.4, -0.2) is 47.4 Å². The summed E-state index contributed by atoms with van der Waals surface area (Å²) in [7, 11) is 1.89. The summed E-state index contributed by atoms with van der Waals surface area (Å²) >= 11 is 0. The number of morpholine rings is 1. The van der Waals surface area contributed by atoms with Crippen molar-refractivity contribution in [2.24, 2.45) is 0 Å². The fourth-order valence-corrected chi connectivity index (χ4v) is 2.29. The van der Waals surface area contributed by atoms with Gasteiger partial charge in [0.1, 0.15) is 11.6 Å². The molecule has 1 saturated heterocycles. The van der Waals surface area contributed by atoms with Gasteiger partial charge in [0.25, 0.3) is 0 Å². The number of anilines is 2. The first-order valence-corrected chi connectivity index (χ1v) is 6.16. The topological polar surface area (TPSA) is 54.7 Å². The minimum absolute atomic E-state index is 0.348. The molecule has 0 unspecified atom stereocenters. The molecule has 1 fully saturated rings. The Morgan fingerprint density at radius 3 is 3.17 bits per heavy atom. The van der Waals surface area contributed by atoms with E-state index in [9.17, 15) is 0 Å². The van der Waals surface area contributed by atoms with E-state index >= 15 is 0 Å². The molecule has 0 aromatic carbocycles. The lowest BCUT2D eigenvalue weighted by molar-refractivity contribution is 0.0985. The molecule has 6 heteroatoms. The van der Waals surface area contributed by atoms with Gasteiger partial charge in [0.05, 0.1) is 25.5 Å². The van der Waals surface area contributed by atoms with Gasteiger partial charge < -0.3 is 15.0 Å². The van der Waals surface area contributed by atoms with Crippen LogP contribution in [-0.2, 0) is 4.74 Å². The number of aromatic nitrogens is 3. The third kappa shape index (κ3) is 1.78. The second-order valence-corrected chi connectivity index (χ2v) is 4.47. The number of ether oxygens (including phenoxy) is 1. The molecule has 18 heavy (non-hydrogen) atoms. The molecule has 0 amide bonds. The van der Waals surface area contributed by atoms with Crippen LogP contribution in [0.3, 0.4) is 0 Å². The Bertz CT molecular complexity index is 552. The number of rotatable bonds is 2. The molecule has 1 aliphatic heterocycles. The van der Waals surface area contributed by atoms with Crippen LogP contribution in [0, 0.1) is 0 Å². The van der Waals surface area contributed by atoms with E-state index in [0.29, 0.717) is 6.04 Å². The highest BCUT2D eigenvalue weighted by Gasteiger charge is 2.21. The van der Waals surface area contributed by atoms with E-state index in [2.05, 4.69) is 27.2 Å². The van der Waals surface area contributed by atoms with Gasteiger partial charge in [-0.2, -0.15) is 9.61 Å². The molecule has 2 aromatic rings. The van der Waals surface area contributed by atoms with Gasteiger partial charge in [0.2, 0.25) is 0 Å². The first-order valence-electron chi connectivity index (χ1n) is 6.16. The van der Waals surface area contributed by atoms with Crippen molar-refractivity contribution in [3.8, 4) is 0 Å². The molecular weight excluding hydrogens is 230 g/mol. The molecule has 6 nitrogen and oxygen atoms in total. The largest absolute Gasteiger partial charge is 0.377 e. The van der Waals surface area contributed by atoms with E-state index in [1.807, 2.05) is 19.2 Å². The molecule has 2 aromatic heterocycles. The van der Waals surface area contributed by atoms with Gasteiger partial charge in [-0.05, 0) is 6.92 Å². The number of nitrogens with zero attached hydrogens (tertiary/aromatic N) is 4. The minimum atomic E-state index is 0.348. The first-order chi connectivity index (χ1) is 8.79. The zero-order valence-electron chi connectivity index (χ0n) is 10.6. The Morgan fingerprint density at radius 1 is 1.50 bits per heavy atom. The summed E-state index contributed by atoms with van der Waals surface area (Å²) in [4.78, 5) is 6.92. The predicted octanol–water partition coefficient (Wildman–Crippen LogP) is 0.996. The van der Waals surface area contributed by atoms with Crippen molar-refractivity contribution in [2.45, 2.75) is 13.0 Å². The van der Waals surface area contributed by atoms with Crippen molar-refractivity contribution in [1.82, 2.24) is 14.6 Å². The fraction of sp³-hybridized carbons (Fsp3) is 0.500. The van der Waals surface area contributed by atoms with E-state index < -0.39 is 0 Å². The van der Waals surface area contributed by atoms with Crippen LogP contribution in [0.15, 0.2) is 18.3 Å². The summed E-state index contributed by atoms with van der Waals surface area (Å²) in [6, 6.07) is 4.29. The van der Waals surface area contributed by atoms with Gasteiger partial charge in [0, 0.05) is 25.7 Å². The lowest BCUT2D eigenvalue weighted by Gasteiger charge is -2.34. The maximum Gasteiger partial charge on any atom is 0.159 e. The number of hydrogen-bond acceptors (Lipinski definition) is 5. The van der Waals surface area contributed by atoms with Crippen LogP contribution in [0.2, 0.25) is 0 Å². The van der Waals surface area contributed by atoms with E-state index in [0.717, 1.165) is 37.0 Å². The molecule has 1 N–H and O–H groups in total. The second-order valence-electron chi connectivity index (χ2n) is 4.47. The summed E-state index contributed by atoms with van der Waals surface area (Å²) in [5, 5.41) is 7.40. The summed E-state index contributed by atoms with van der Waals surface area (Å²) in [5.74, 6) is 1.92. The maximum absolute atomic E-state index is 5.46. The second kappa shape index (κ2) is 4.45. The highest BCUT2D eigenvalue weighted by Crippen LogP contribution is 2.22. The third-order valence-electron chi connectivity index (χ3n) is 3.26. The lowest BCUT2D eigenvalue weighted by Crippen LogP contribution is -2.44. The molecule has 0 radical (unpaired) electrons. The Labute approximate surface area is 106 Å². The molecule has 0 saturated carbocycles. The average molecular weight is 247 g/mol. The highest BCUT2D eigenvalue weighted by molar-refractivity contribution is 5.58. The van der Waals surface area contributed by atoms with Gasteiger partial charge in [-0.15, -0.1) is 0 Å². The molecule has 3 heterocycles. The van der Waals surface area contributed by atoms with Crippen LogP contribution >= 0.6 is 0 Å². The summed E-state index contributed by atoms with van der Waals surface area (Å²) in [5.41, 5.74) is 0.857. The summed E-state index contributed by atoms with van der Waals surface area (Å²) in [6.45, 7) is 4.54. The Balaban J connectivity index is 2.05. The van der Waals surface area contributed by atoms with Crippen LogP contribution in [0.5, 0.6) is 0 Å². The van der Waals surface area contributed by atoms with Crippen LogP contribution in [0.4, 0.5) is 11.6 Å². The zero-order valence-corrected chi connectivity index (χ0v) is 10.6. The van der Waals surface area contributed by atoms with Gasteiger partial charge in [-0.25, -0.2) is 4.98 Å². The van der Waals surface area contributed by atoms with Gasteiger partial charge in [-0.1, -0.05) is 0 Å². The zero-order chi connectivity index (χ0) is 12.5. The Morgan fingerprint density at radius 2 is 2.39 bits per heavy atom. The molecule has 0 spiro atoms. The van der Waals surface area contributed by atoms with Crippen LogP contribution < -0.4 is 10.2 Å². The quantitative estimate of drug-likeness (QED) is 0.858. The lowest BCUT2D eigenvalue weighted by atomic mass is 10.2. The van der Waals surface area contributed by atoms with Crippen molar-refractivity contribution in [1.29, 1.82) is 0 Å². The van der Waals surface area contributed by atoms with Gasteiger partial charge in [-0.3, -0.25) is 0 Å². The van der Waals surface area contributed by atoms with Crippen LogP contribution in [0.1, 0.15) is 6.92 Å². The van der Waals surface area contributed by atoms with Gasteiger partial charge >= 0.3 is 0 Å². The van der Waals surface area contributed by atoms with Crippen molar-refractivity contribution in [3.05, 3.63) is 18.3 Å². The third-order valence-corrected chi connectivity index (χ3v) is 3.26. The molecule has 1 atom stereocenters. The van der Waals surface area contributed by atoms with E-state index in [1.54, 1.807) is 10.7 Å². The minimum Gasteiger partial charge on any atom is -0.377 e. The van der Waals surface area contributed by atoms with Gasteiger partial charge in [0.15, 0.2) is 5.65 Å². The standard InChI is InChI=1S/C12H17N5O/c1-9-8-18-6-5-16(9)12-7-11(13-2)17-10(15-12)3-4-14-17/h3-4,7,9,13H,5-6,8H2,1-2H3/t9-/m1/s1. The number of fused-ring (bicyclic) bond motifs is 1. The number of hydrogen-bond donors (Lipinski definition) is 1. The van der Waals surface area contributed by atoms with Crippen molar-refractivity contribution >= 4 is 17.3 Å². The smallest absolute Gasteiger partial charge is 0.159 e. The van der Waals surface area contributed by atoms with E-state index in [4.69, 9.17) is 4.74 Å². The molecule has 0 aliphatic carbocycles. The van der Waals surface area contributed by atoms with Crippen molar-refractivity contribution in [3.63, 3.8) is 0 Å². The summed E-state index contributed by atoms with van der Waals surface area (Å²) in [6.07, 6.45) is 1.76. The highest BCUT2D eigenvalue weighted by atomic mass is 16.5. The average Bonchev–Trinajstić information content (AvgIpc) is 2.86. The van der Waals surface area contributed by atoms with E-state index in [-0.39, 0.29) is 0 Å². The Kier molecular flexibility index (Phi) is 2.79. The first kappa shape index (κ1) is 11.3. The summed E-state index contributed by atoms with van der Waals surface area (Å²) < 4.78 is 7.26. The molecule has 3 rings (SSSR count).